The van der Waals surface area contributed by atoms with Gasteiger partial charge < -0.3 is 15.8 Å². The third kappa shape index (κ3) is 2.29. The second-order valence-electron chi connectivity index (χ2n) is 6.69. The maximum atomic E-state index is 12.6. The molecule has 118 valence electrons. The second-order valence-corrected chi connectivity index (χ2v) is 7.10. The van der Waals surface area contributed by atoms with E-state index in [1.165, 1.54) is 0 Å². The van der Waals surface area contributed by atoms with Crippen molar-refractivity contribution in [3.8, 4) is 5.75 Å². The molecule has 3 N–H and O–H groups in total. The van der Waals surface area contributed by atoms with E-state index in [2.05, 4.69) is 5.32 Å². The lowest BCUT2D eigenvalue weighted by Crippen LogP contribution is -2.16. The molecule has 22 heavy (non-hydrogen) atoms. The molecular formula is C17H21ClN2O2. The molecule has 1 saturated carbocycles. The lowest BCUT2D eigenvalue weighted by atomic mass is 9.96. The van der Waals surface area contributed by atoms with Gasteiger partial charge in [-0.25, -0.2) is 0 Å². The zero-order valence-electron chi connectivity index (χ0n) is 12.5. The summed E-state index contributed by atoms with van der Waals surface area (Å²) in [5.74, 6) is 3.14. The minimum Gasteiger partial charge on any atom is -0.492 e. The Morgan fingerprint density at radius 1 is 1.41 bits per heavy atom. The predicted octanol–water partition coefficient (Wildman–Crippen LogP) is 2.68. The first-order chi connectivity index (χ1) is 10.7. The van der Waals surface area contributed by atoms with Crippen LogP contribution in [0.15, 0.2) is 6.07 Å². The zero-order valence-corrected chi connectivity index (χ0v) is 13.3. The SMILES string of the molecule is Nc1c(Cl)cc(C(=O)CCC2C3CNCC23)c2c1CCCO2. The third-order valence-corrected chi connectivity index (χ3v) is 5.78. The van der Waals surface area contributed by atoms with Crippen molar-refractivity contribution in [1.29, 1.82) is 0 Å². The quantitative estimate of drug-likeness (QED) is 0.661. The largest absolute Gasteiger partial charge is 0.492 e. The number of carbonyl (C=O) groups excluding carboxylic acids is 1. The number of piperidine rings is 1. The van der Waals surface area contributed by atoms with E-state index < -0.39 is 0 Å². The Labute approximate surface area is 135 Å². The van der Waals surface area contributed by atoms with Crippen LogP contribution in [0.25, 0.3) is 0 Å². The fraction of sp³-hybridized carbons (Fsp3) is 0.588. The number of anilines is 1. The van der Waals surface area contributed by atoms with Crippen molar-refractivity contribution >= 4 is 23.1 Å². The fourth-order valence-electron chi connectivity index (χ4n) is 4.15. The third-order valence-electron chi connectivity index (χ3n) is 5.46. The highest BCUT2D eigenvalue weighted by molar-refractivity contribution is 6.33. The van der Waals surface area contributed by atoms with Crippen LogP contribution in [0.3, 0.4) is 0 Å². The van der Waals surface area contributed by atoms with Crippen LogP contribution in [0, 0.1) is 17.8 Å². The van der Waals surface area contributed by atoms with E-state index in [4.69, 9.17) is 22.1 Å². The van der Waals surface area contributed by atoms with Gasteiger partial charge in [-0.05, 0) is 56.2 Å². The van der Waals surface area contributed by atoms with Crippen LogP contribution in [-0.2, 0) is 6.42 Å². The van der Waals surface area contributed by atoms with Gasteiger partial charge in [0, 0.05) is 12.0 Å². The van der Waals surface area contributed by atoms with Crippen molar-refractivity contribution < 1.29 is 9.53 Å². The number of nitrogen functional groups attached to an aromatic ring is 1. The number of halogens is 1. The molecule has 0 spiro atoms. The number of fused-ring (bicyclic) bond motifs is 2. The van der Waals surface area contributed by atoms with E-state index in [1.807, 2.05) is 0 Å². The Hall–Kier alpha value is -1.26. The van der Waals surface area contributed by atoms with E-state index in [0.29, 0.717) is 35.1 Å². The highest BCUT2D eigenvalue weighted by atomic mass is 35.5. The second kappa shape index (κ2) is 5.43. The van der Waals surface area contributed by atoms with Crippen molar-refractivity contribution in [2.24, 2.45) is 17.8 Å². The van der Waals surface area contributed by atoms with Crippen molar-refractivity contribution in [2.75, 3.05) is 25.4 Å². The van der Waals surface area contributed by atoms with Crippen LogP contribution in [0.1, 0.15) is 35.2 Å². The van der Waals surface area contributed by atoms with Crippen molar-refractivity contribution in [2.45, 2.75) is 25.7 Å². The first kappa shape index (κ1) is 14.3. The molecule has 1 aromatic carbocycles. The standard InChI is InChI=1S/C17H21ClN2O2/c18-14-6-11(17-10(16(14)19)2-1-5-22-17)15(21)4-3-9-12-7-20-8-13(9)12/h6,9,12-13,20H,1-5,7-8,19H2. The highest BCUT2D eigenvalue weighted by Crippen LogP contribution is 2.51. The van der Waals surface area contributed by atoms with Crippen LogP contribution in [-0.4, -0.2) is 25.5 Å². The Morgan fingerprint density at radius 3 is 2.95 bits per heavy atom. The van der Waals surface area contributed by atoms with Crippen LogP contribution >= 0.6 is 11.6 Å². The number of ketones is 1. The summed E-state index contributed by atoms with van der Waals surface area (Å²) >= 11 is 6.21. The van der Waals surface area contributed by atoms with Crippen LogP contribution < -0.4 is 15.8 Å². The summed E-state index contributed by atoms with van der Waals surface area (Å²) in [5, 5.41) is 3.86. The molecule has 3 aliphatic rings. The molecule has 4 rings (SSSR count). The molecule has 1 aliphatic carbocycles. The van der Waals surface area contributed by atoms with Gasteiger partial charge in [-0.1, -0.05) is 11.6 Å². The van der Waals surface area contributed by atoms with E-state index in [-0.39, 0.29) is 5.78 Å². The molecule has 0 bridgehead atoms. The Morgan fingerprint density at radius 2 is 2.18 bits per heavy atom. The van der Waals surface area contributed by atoms with Gasteiger partial charge in [0.25, 0.3) is 0 Å². The van der Waals surface area contributed by atoms with E-state index in [1.54, 1.807) is 6.07 Å². The van der Waals surface area contributed by atoms with Gasteiger partial charge in [0.15, 0.2) is 5.78 Å². The zero-order chi connectivity index (χ0) is 15.3. The molecule has 0 amide bonds. The first-order valence-electron chi connectivity index (χ1n) is 8.14. The van der Waals surface area contributed by atoms with Crippen molar-refractivity contribution in [3.63, 3.8) is 0 Å². The average molecular weight is 321 g/mol. The molecule has 2 atom stereocenters. The molecule has 0 aromatic heterocycles. The summed E-state index contributed by atoms with van der Waals surface area (Å²) in [6, 6.07) is 1.69. The molecular weight excluding hydrogens is 300 g/mol. The first-order valence-corrected chi connectivity index (χ1v) is 8.52. The summed E-state index contributed by atoms with van der Waals surface area (Å²) in [6.45, 7) is 2.89. The van der Waals surface area contributed by atoms with Crippen molar-refractivity contribution in [1.82, 2.24) is 5.32 Å². The van der Waals surface area contributed by atoms with E-state index >= 15 is 0 Å². The number of nitrogens with two attached hydrogens (primary N) is 1. The Balaban J connectivity index is 1.51. The van der Waals surface area contributed by atoms with Gasteiger partial charge in [-0.2, -0.15) is 0 Å². The summed E-state index contributed by atoms with van der Waals surface area (Å²) in [4.78, 5) is 12.6. The Bertz CT molecular complexity index is 622. The van der Waals surface area contributed by atoms with E-state index in [9.17, 15) is 4.79 Å². The monoisotopic (exact) mass is 320 g/mol. The van der Waals surface area contributed by atoms with Gasteiger partial charge in [-0.15, -0.1) is 0 Å². The maximum absolute atomic E-state index is 12.6. The summed E-state index contributed by atoms with van der Waals surface area (Å²) in [6.07, 6.45) is 3.31. The molecule has 2 heterocycles. The molecule has 5 heteroatoms. The number of hydrogen-bond acceptors (Lipinski definition) is 4. The van der Waals surface area contributed by atoms with Gasteiger partial charge in [0.2, 0.25) is 0 Å². The predicted molar refractivity (Wildman–Crippen MR) is 86.6 cm³/mol. The number of hydrogen-bond donors (Lipinski definition) is 2. The number of Topliss-reactive ketones (excluding diaryl/α,β-unsaturated/α-hetero) is 1. The lowest BCUT2D eigenvalue weighted by molar-refractivity contribution is 0.0972. The summed E-state index contributed by atoms with van der Waals surface area (Å²) in [5.41, 5.74) is 8.14. The molecule has 1 aromatic rings. The van der Waals surface area contributed by atoms with Crippen LogP contribution in [0.2, 0.25) is 5.02 Å². The van der Waals surface area contributed by atoms with Gasteiger partial charge in [0.1, 0.15) is 5.75 Å². The smallest absolute Gasteiger partial charge is 0.166 e. The molecule has 2 unspecified atom stereocenters. The summed E-state index contributed by atoms with van der Waals surface area (Å²) < 4.78 is 5.74. The molecule has 0 radical (unpaired) electrons. The van der Waals surface area contributed by atoms with Gasteiger partial charge >= 0.3 is 0 Å². The number of ether oxygens (including phenoxy) is 1. The normalized spacial score (nSPS) is 28.7. The summed E-state index contributed by atoms with van der Waals surface area (Å²) in [7, 11) is 0. The van der Waals surface area contributed by atoms with Crippen LogP contribution in [0.5, 0.6) is 5.75 Å². The number of carbonyl (C=O) groups is 1. The van der Waals surface area contributed by atoms with Gasteiger partial charge in [0.05, 0.1) is 22.9 Å². The minimum atomic E-state index is 0.137. The van der Waals surface area contributed by atoms with Crippen LogP contribution in [0.4, 0.5) is 5.69 Å². The minimum absolute atomic E-state index is 0.137. The molecule has 4 nitrogen and oxygen atoms in total. The average Bonchev–Trinajstić information content (AvgIpc) is 2.96. The molecule has 1 saturated heterocycles. The maximum Gasteiger partial charge on any atom is 0.166 e. The van der Waals surface area contributed by atoms with Crippen molar-refractivity contribution in [3.05, 3.63) is 22.2 Å². The number of benzene rings is 1. The number of rotatable bonds is 4. The highest BCUT2D eigenvalue weighted by Gasteiger charge is 2.52. The Kier molecular flexibility index (Phi) is 3.54. The van der Waals surface area contributed by atoms with Gasteiger partial charge in [-0.3, -0.25) is 4.79 Å². The molecule has 2 fully saturated rings. The molecule has 2 aliphatic heterocycles. The topological polar surface area (TPSA) is 64.4 Å². The van der Waals surface area contributed by atoms with E-state index in [0.717, 1.165) is 55.7 Å². The number of nitrogens with one attached hydrogen (secondary N) is 1. The fourth-order valence-corrected chi connectivity index (χ4v) is 4.37. The lowest BCUT2D eigenvalue weighted by Gasteiger charge is -2.22.